The van der Waals surface area contributed by atoms with Crippen LogP contribution in [0.5, 0.6) is 0 Å². The number of imide groups is 1. The minimum atomic E-state index is -0.854. The predicted octanol–water partition coefficient (Wildman–Crippen LogP) is -1.55. The van der Waals surface area contributed by atoms with Crippen molar-refractivity contribution < 1.29 is 9.59 Å². The average molecular weight is 308 g/mol. The van der Waals surface area contributed by atoms with E-state index < -0.39 is 29.2 Å². The van der Waals surface area contributed by atoms with Gasteiger partial charge in [0.2, 0.25) is 0 Å². The predicted molar refractivity (Wildman–Crippen MR) is 77.5 cm³/mol. The van der Waals surface area contributed by atoms with Gasteiger partial charge in [-0.2, -0.15) is 0 Å². The molecule has 0 saturated heterocycles. The highest BCUT2D eigenvalue weighted by Crippen LogP contribution is 2.13. The van der Waals surface area contributed by atoms with E-state index in [-0.39, 0.29) is 11.2 Å². The topological polar surface area (TPSA) is 120 Å². The number of urea groups is 1. The van der Waals surface area contributed by atoms with E-state index in [4.69, 9.17) is 0 Å². The van der Waals surface area contributed by atoms with Gasteiger partial charge in [-0.05, 0) is 6.92 Å². The van der Waals surface area contributed by atoms with Crippen LogP contribution in [-0.4, -0.2) is 37.7 Å². The molecule has 0 fully saturated rings. The smallest absolute Gasteiger partial charge is 0.332 e. The molecule has 2 aromatic rings. The number of amides is 3. The van der Waals surface area contributed by atoms with Crippen LogP contribution in [-0.2, 0) is 18.9 Å². The molecule has 0 spiro atoms. The van der Waals surface area contributed by atoms with E-state index in [9.17, 15) is 19.2 Å². The van der Waals surface area contributed by atoms with Gasteiger partial charge in [0.05, 0.1) is 6.33 Å². The number of carbonyl (C=O) groups is 2. The van der Waals surface area contributed by atoms with Crippen LogP contribution >= 0.6 is 0 Å². The molecule has 22 heavy (non-hydrogen) atoms. The van der Waals surface area contributed by atoms with Gasteiger partial charge in [-0.3, -0.25) is 24.0 Å². The number of imidazole rings is 1. The first-order chi connectivity index (χ1) is 10.3. The third-order valence-electron chi connectivity index (χ3n) is 3.43. The molecule has 0 aliphatic rings. The largest absolute Gasteiger partial charge is 0.341 e. The zero-order valence-corrected chi connectivity index (χ0v) is 12.6. The number of hydrogen-bond donors (Lipinski definition) is 2. The molecule has 0 unspecified atom stereocenters. The fourth-order valence-electron chi connectivity index (χ4n) is 2.06. The van der Waals surface area contributed by atoms with E-state index in [1.54, 1.807) is 0 Å². The van der Waals surface area contributed by atoms with E-state index in [0.29, 0.717) is 0 Å². The zero-order chi connectivity index (χ0) is 16.6. The van der Waals surface area contributed by atoms with Gasteiger partial charge in [0.1, 0.15) is 6.04 Å². The highest BCUT2D eigenvalue weighted by atomic mass is 16.2. The molecule has 118 valence electrons. The highest BCUT2D eigenvalue weighted by molar-refractivity contribution is 5.96. The molecule has 0 aromatic carbocycles. The van der Waals surface area contributed by atoms with Gasteiger partial charge in [0.15, 0.2) is 11.2 Å². The van der Waals surface area contributed by atoms with Crippen LogP contribution < -0.4 is 21.9 Å². The zero-order valence-electron chi connectivity index (χ0n) is 12.6. The third-order valence-corrected chi connectivity index (χ3v) is 3.43. The maximum Gasteiger partial charge on any atom is 0.332 e. The molecule has 2 rings (SSSR count). The molecule has 10 nitrogen and oxygen atoms in total. The molecule has 0 aliphatic heterocycles. The van der Waals surface area contributed by atoms with E-state index >= 15 is 0 Å². The van der Waals surface area contributed by atoms with Gasteiger partial charge in [0, 0.05) is 21.1 Å². The van der Waals surface area contributed by atoms with Crippen LogP contribution in [0.2, 0.25) is 0 Å². The molecule has 2 N–H and O–H groups in total. The van der Waals surface area contributed by atoms with Gasteiger partial charge in [0.25, 0.3) is 11.5 Å². The summed E-state index contributed by atoms with van der Waals surface area (Å²) in [4.78, 5) is 51.3. The lowest BCUT2D eigenvalue weighted by Gasteiger charge is -2.13. The summed E-state index contributed by atoms with van der Waals surface area (Å²) in [7, 11) is 4.21. The number of carbonyl (C=O) groups excluding carboxylic acids is 2. The maximum absolute atomic E-state index is 12.3. The molecule has 0 bridgehead atoms. The van der Waals surface area contributed by atoms with Gasteiger partial charge >= 0.3 is 11.7 Å². The summed E-state index contributed by atoms with van der Waals surface area (Å²) in [6.45, 7) is 1.52. The van der Waals surface area contributed by atoms with Crippen LogP contribution in [0.1, 0.15) is 13.0 Å². The first-order valence-corrected chi connectivity index (χ1v) is 6.44. The second kappa shape index (κ2) is 5.47. The summed E-state index contributed by atoms with van der Waals surface area (Å²) < 4.78 is 3.48. The minimum absolute atomic E-state index is 0.115. The SMILES string of the molecule is CNC(=O)NC(=O)[C@@H](C)n1cnc2c1c(=O)n(C)c(=O)n2C. The Balaban J connectivity index is 2.58. The first-order valence-electron chi connectivity index (χ1n) is 6.44. The molecular weight excluding hydrogens is 292 g/mol. The molecular formula is C12H16N6O4. The van der Waals surface area contributed by atoms with Crippen molar-refractivity contribution in [3.63, 3.8) is 0 Å². The van der Waals surface area contributed by atoms with E-state index in [1.165, 1.54) is 43.5 Å². The summed E-state index contributed by atoms with van der Waals surface area (Å²) in [6.07, 6.45) is 1.29. The Morgan fingerprint density at radius 3 is 2.45 bits per heavy atom. The Bertz CT molecular complexity index is 874. The van der Waals surface area contributed by atoms with Crippen LogP contribution in [0.4, 0.5) is 4.79 Å². The minimum Gasteiger partial charge on any atom is -0.341 e. The number of rotatable bonds is 2. The summed E-state index contributed by atoms with van der Waals surface area (Å²) in [5.74, 6) is -0.602. The summed E-state index contributed by atoms with van der Waals surface area (Å²) in [5.41, 5.74) is -0.780. The van der Waals surface area contributed by atoms with Gasteiger partial charge in [-0.1, -0.05) is 0 Å². The van der Waals surface area contributed by atoms with E-state index in [1.807, 2.05) is 0 Å². The van der Waals surface area contributed by atoms with E-state index in [0.717, 1.165) is 4.57 Å². The normalized spacial score (nSPS) is 12.2. The van der Waals surface area contributed by atoms with Crippen molar-refractivity contribution in [1.82, 2.24) is 29.3 Å². The van der Waals surface area contributed by atoms with Crippen LogP contribution in [0.3, 0.4) is 0 Å². The summed E-state index contributed by atoms with van der Waals surface area (Å²) in [6, 6.07) is -1.51. The maximum atomic E-state index is 12.3. The fourth-order valence-corrected chi connectivity index (χ4v) is 2.06. The summed E-state index contributed by atoms with van der Waals surface area (Å²) >= 11 is 0. The Kier molecular flexibility index (Phi) is 3.85. The second-order valence-electron chi connectivity index (χ2n) is 4.77. The average Bonchev–Trinajstić information content (AvgIpc) is 2.94. The molecule has 0 saturated carbocycles. The Labute approximate surface area is 124 Å². The van der Waals surface area contributed by atoms with Crippen molar-refractivity contribution in [2.24, 2.45) is 14.1 Å². The van der Waals surface area contributed by atoms with Crippen molar-refractivity contribution in [1.29, 1.82) is 0 Å². The van der Waals surface area contributed by atoms with Crippen molar-refractivity contribution in [3.05, 3.63) is 27.2 Å². The highest BCUT2D eigenvalue weighted by Gasteiger charge is 2.22. The number of fused-ring (bicyclic) bond motifs is 1. The van der Waals surface area contributed by atoms with Gasteiger partial charge in [-0.25, -0.2) is 14.6 Å². The van der Waals surface area contributed by atoms with Crippen LogP contribution in [0.25, 0.3) is 11.2 Å². The monoisotopic (exact) mass is 308 g/mol. The number of nitrogens with one attached hydrogen (secondary N) is 2. The number of nitrogens with zero attached hydrogens (tertiary/aromatic N) is 4. The van der Waals surface area contributed by atoms with Crippen molar-refractivity contribution in [3.8, 4) is 0 Å². The van der Waals surface area contributed by atoms with Crippen LogP contribution in [0.15, 0.2) is 15.9 Å². The van der Waals surface area contributed by atoms with Crippen molar-refractivity contribution in [2.45, 2.75) is 13.0 Å². The van der Waals surface area contributed by atoms with Gasteiger partial charge < -0.3 is 9.88 Å². The van der Waals surface area contributed by atoms with Crippen molar-refractivity contribution >= 4 is 23.1 Å². The summed E-state index contributed by atoms with van der Waals surface area (Å²) in [5, 5.41) is 4.39. The first kappa shape index (κ1) is 15.5. The molecule has 3 amide bonds. The number of aryl methyl sites for hydroxylation is 1. The Morgan fingerprint density at radius 2 is 1.86 bits per heavy atom. The Hall–Kier alpha value is -2.91. The lowest BCUT2D eigenvalue weighted by molar-refractivity contribution is -0.122. The lowest BCUT2D eigenvalue weighted by Crippen LogP contribution is -2.42. The molecule has 1 atom stereocenters. The molecule has 0 radical (unpaired) electrons. The van der Waals surface area contributed by atoms with Gasteiger partial charge in [-0.15, -0.1) is 0 Å². The number of aromatic nitrogens is 4. The molecule has 2 aromatic heterocycles. The third kappa shape index (κ3) is 2.28. The van der Waals surface area contributed by atoms with E-state index in [2.05, 4.69) is 15.6 Å². The van der Waals surface area contributed by atoms with Crippen LogP contribution in [0, 0.1) is 0 Å². The Morgan fingerprint density at radius 1 is 1.23 bits per heavy atom. The molecule has 0 aliphatic carbocycles. The standard InChI is InChI=1S/C12H16N6O4/c1-6(9(19)15-11(21)13-2)18-5-14-8-7(18)10(20)17(4)12(22)16(8)3/h5-6H,1-4H3,(H2,13,15,19,21)/t6-/m1/s1. The number of hydrogen-bond acceptors (Lipinski definition) is 5. The second-order valence-corrected chi connectivity index (χ2v) is 4.77. The molecule has 2 heterocycles. The lowest BCUT2D eigenvalue weighted by atomic mass is 10.3. The van der Waals surface area contributed by atoms with Crippen molar-refractivity contribution in [2.75, 3.05) is 7.05 Å². The molecule has 10 heteroatoms. The quantitative estimate of drug-likeness (QED) is 0.696. The fraction of sp³-hybridized carbons (Fsp3) is 0.417.